The number of sulfonamides is 1. The smallest absolute Gasteiger partial charge is 0.261 e. The number of hydrogen-bond donors (Lipinski definition) is 3. The second-order valence-electron chi connectivity index (χ2n) is 5.61. The van der Waals surface area contributed by atoms with Gasteiger partial charge in [0, 0.05) is 16.3 Å². The van der Waals surface area contributed by atoms with Crippen molar-refractivity contribution in [1.82, 2.24) is 0 Å². The summed E-state index contributed by atoms with van der Waals surface area (Å²) >= 11 is 5.78. The molecule has 1 amide bonds. The van der Waals surface area contributed by atoms with Gasteiger partial charge in [-0.1, -0.05) is 23.7 Å². The van der Waals surface area contributed by atoms with Crippen molar-refractivity contribution in [3.63, 3.8) is 0 Å². The molecule has 6 nitrogen and oxygen atoms in total. The van der Waals surface area contributed by atoms with Gasteiger partial charge in [-0.15, -0.1) is 0 Å². The lowest BCUT2D eigenvalue weighted by atomic mass is 10.2. The second-order valence-corrected chi connectivity index (χ2v) is 7.73. The molecular formula is C19H15ClN2O4S. The van der Waals surface area contributed by atoms with Gasteiger partial charge in [-0.25, -0.2) is 8.42 Å². The molecule has 0 saturated heterocycles. The third kappa shape index (κ3) is 4.58. The summed E-state index contributed by atoms with van der Waals surface area (Å²) in [4.78, 5) is 12.3. The highest BCUT2D eigenvalue weighted by atomic mass is 35.5. The van der Waals surface area contributed by atoms with Crippen LogP contribution in [0.5, 0.6) is 5.75 Å². The summed E-state index contributed by atoms with van der Waals surface area (Å²) < 4.78 is 27.3. The average molecular weight is 403 g/mol. The summed E-state index contributed by atoms with van der Waals surface area (Å²) in [6.07, 6.45) is 0. The number of amides is 1. The average Bonchev–Trinajstić information content (AvgIpc) is 2.65. The molecule has 8 heteroatoms. The first-order valence-electron chi connectivity index (χ1n) is 7.83. The van der Waals surface area contributed by atoms with E-state index in [9.17, 15) is 18.3 Å². The quantitative estimate of drug-likeness (QED) is 0.560. The van der Waals surface area contributed by atoms with Gasteiger partial charge in [0.1, 0.15) is 5.75 Å². The largest absolute Gasteiger partial charge is 0.506 e. The number of carbonyl (C=O) groups is 1. The third-order valence-electron chi connectivity index (χ3n) is 3.68. The molecule has 0 saturated carbocycles. The normalized spacial score (nSPS) is 11.0. The summed E-state index contributed by atoms with van der Waals surface area (Å²) in [5.74, 6) is -0.525. The van der Waals surface area contributed by atoms with Crippen molar-refractivity contribution in [3.8, 4) is 5.75 Å². The first kappa shape index (κ1) is 18.8. The van der Waals surface area contributed by atoms with Crippen LogP contribution in [0.15, 0.2) is 77.7 Å². The molecule has 0 aliphatic heterocycles. The van der Waals surface area contributed by atoms with Gasteiger partial charge in [0.2, 0.25) is 0 Å². The minimum Gasteiger partial charge on any atom is -0.506 e. The van der Waals surface area contributed by atoms with Crippen LogP contribution in [-0.2, 0) is 10.0 Å². The molecule has 0 bridgehead atoms. The van der Waals surface area contributed by atoms with E-state index in [-0.39, 0.29) is 21.9 Å². The molecule has 3 rings (SSSR count). The summed E-state index contributed by atoms with van der Waals surface area (Å²) in [7, 11) is -3.80. The molecule has 3 aromatic carbocycles. The first-order chi connectivity index (χ1) is 12.8. The molecule has 0 aromatic heterocycles. The monoisotopic (exact) mass is 402 g/mol. The predicted molar refractivity (Wildman–Crippen MR) is 105 cm³/mol. The Hall–Kier alpha value is -3.03. The predicted octanol–water partition coefficient (Wildman–Crippen LogP) is 4.10. The number of carbonyl (C=O) groups excluding carboxylic acids is 1. The van der Waals surface area contributed by atoms with Crippen molar-refractivity contribution in [3.05, 3.63) is 83.4 Å². The van der Waals surface area contributed by atoms with Crippen LogP contribution in [0.2, 0.25) is 5.02 Å². The van der Waals surface area contributed by atoms with Gasteiger partial charge in [-0.05, 0) is 60.7 Å². The number of aromatic hydroxyl groups is 1. The molecule has 0 radical (unpaired) electrons. The number of benzene rings is 3. The Bertz CT molecular complexity index is 1070. The zero-order valence-corrected chi connectivity index (χ0v) is 15.5. The molecule has 3 aromatic rings. The zero-order chi connectivity index (χ0) is 19.4. The van der Waals surface area contributed by atoms with Gasteiger partial charge in [0.25, 0.3) is 15.9 Å². The van der Waals surface area contributed by atoms with Crippen molar-refractivity contribution < 1.29 is 18.3 Å². The van der Waals surface area contributed by atoms with Gasteiger partial charge < -0.3 is 10.4 Å². The van der Waals surface area contributed by atoms with Gasteiger partial charge in [0.05, 0.1) is 10.6 Å². The number of anilines is 2. The van der Waals surface area contributed by atoms with Crippen LogP contribution in [0.3, 0.4) is 0 Å². The Balaban J connectivity index is 1.75. The van der Waals surface area contributed by atoms with Crippen LogP contribution in [0.1, 0.15) is 10.4 Å². The fraction of sp³-hybridized carbons (Fsp3) is 0. The summed E-state index contributed by atoms with van der Waals surface area (Å²) in [6.45, 7) is 0. The topological polar surface area (TPSA) is 95.5 Å². The molecule has 0 aliphatic rings. The van der Waals surface area contributed by atoms with Crippen molar-refractivity contribution >= 4 is 38.9 Å². The first-order valence-corrected chi connectivity index (χ1v) is 9.69. The molecule has 0 unspecified atom stereocenters. The maximum Gasteiger partial charge on any atom is 0.261 e. The van der Waals surface area contributed by atoms with Crippen LogP contribution in [0, 0.1) is 0 Å². The summed E-state index contributed by atoms with van der Waals surface area (Å²) in [5, 5.41) is 12.8. The van der Waals surface area contributed by atoms with Crippen molar-refractivity contribution in [2.75, 3.05) is 10.0 Å². The lowest BCUT2D eigenvalue weighted by molar-refractivity contribution is 0.102. The fourth-order valence-electron chi connectivity index (χ4n) is 2.29. The third-order valence-corrected chi connectivity index (χ3v) is 5.32. The molecule has 138 valence electrons. The van der Waals surface area contributed by atoms with E-state index in [1.165, 1.54) is 30.3 Å². The van der Waals surface area contributed by atoms with Gasteiger partial charge >= 0.3 is 0 Å². The van der Waals surface area contributed by atoms with E-state index in [2.05, 4.69) is 10.0 Å². The molecule has 0 fully saturated rings. The minimum absolute atomic E-state index is 0.0107. The fourth-order valence-corrected chi connectivity index (χ4v) is 3.48. The van der Waals surface area contributed by atoms with E-state index in [0.29, 0.717) is 10.7 Å². The SMILES string of the molecule is O=C(Nc1ccccc1O)c1ccc(S(=O)(=O)Nc2ccc(Cl)cc2)cc1. The number of hydrogen-bond acceptors (Lipinski definition) is 4. The Morgan fingerprint density at radius 2 is 1.52 bits per heavy atom. The maximum atomic E-state index is 12.4. The summed E-state index contributed by atoms with van der Waals surface area (Å²) in [5.41, 5.74) is 0.896. The van der Waals surface area contributed by atoms with Gasteiger partial charge in [0.15, 0.2) is 0 Å². The van der Waals surface area contributed by atoms with E-state index in [0.717, 1.165) is 0 Å². The lowest BCUT2D eigenvalue weighted by Crippen LogP contribution is -2.14. The van der Waals surface area contributed by atoms with E-state index in [1.807, 2.05) is 0 Å². The molecule has 0 spiro atoms. The highest BCUT2D eigenvalue weighted by Crippen LogP contribution is 2.23. The van der Waals surface area contributed by atoms with E-state index in [1.54, 1.807) is 42.5 Å². The number of phenolic OH excluding ortho intramolecular Hbond substituents is 1. The van der Waals surface area contributed by atoms with Gasteiger partial charge in [-0.3, -0.25) is 9.52 Å². The molecule has 3 N–H and O–H groups in total. The molecule has 0 aliphatic carbocycles. The molecule has 27 heavy (non-hydrogen) atoms. The Morgan fingerprint density at radius 3 is 2.15 bits per heavy atom. The Kier molecular flexibility index (Phi) is 5.34. The zero-order valence-electron chi connectivity index (χ0n) is 13.9. The number of para-hydroxylation sites is 2. The standard InChI is InChI=1S/C19H15ClN2O4S/c20-14-7-9-15(10-8-14)22-27(25,26)16-11-5-13(6-12-16)19(24)21-17-3-1-2-4-18(17)23/h1-12,22-23H,(H,21,24). The van der Waals surface area contributed by atoms with E-state index < -0.39 is 15.9 Å². The molecule has 0 heterocycles. The number of phenols is 1. The van der Waals surface area contributed by atoms with Crippen LogP contribution >= 0.6 is 11.6 Å². The Labute approximate surface area is 161 Å². The van der Waals surface area contributed by atoms with Crippen LogP contribution in [-0.4, -0.2) is 19.4 Å². The number of rotatable bonds is 5. The lowest BCUT2D eigenvalue weighted by Gasteiger charge is -2.10. The van der Waals surface area contributed by atoms with E-state index >= 15 is 0 Å². The minimum atomic E-state index is -3.80. The van der Waals surface area contributed by atoms with Crippen molar-refractivity contribution in [2.24, 2.45) is 0 Å². The molecular weight excluding hydrogens is 388 g/mol. The van der Waals surface area contributed by atoms with Crippen molar-refractivity contribution in [1.29, 1.82) is 0 Å². The van der Waals surface area contributed by atoms with E-state index in [4.69, 9.17) is 11.6 Å². The summed E-state index contributed by atoms with van der Waals surface area (Å²) in [6, 6.07) is 18.0. The highest BCUT2D eigenvalue weighted by molar-refractivity contribution is 7.92. The number of halogens is 1. The van der Waals surface area contributed by atoms with Crippen LogP contribution < -0.4 is 10.0 Å². The van der Waals surface area contributed by atoms with Crippen molar-refractivity contribution in [2.45, 2.75) is 4.90 Å². The maximum absolute atomic E-state index is 12.4. The molecule has 0 atom stereocenters. The van der Waals surface area contributed by atoms with Crippen LogP contribution in [0.4, 0.5) is 11.4 Å². The van der Waals surface area contributed by atoms with Gasteiger partial charge in [-0.2, -0.15) is 0 Å². The second kappa shape index (κ2) is 7.69. The highest BCUT2D eigenvalue weighted by Gasteiger charge is 2.16. The van der Waals surface area contributed by atoms with Crippen LogP contribution in [0.25, 0.3) is 0 Å². The Morgan fingerprint density at radius 1 is 0.889 bits per heavy atom. The number of nitrogens with one attached hydrogen (secondary N) is 2.